The molecule has 5 heteroatoms. The molecular weight excluding hydrogens is 272 g/mol. The highest BCUT2D eigenvalue weighted by atomic mass is 32.2. The monoisotopic (exact) mass is 304 g/mol. The lowest BCUT2D eigenvalue weighted by Crippen LogP contribution is -2.35. The van der Waals surface area contributed by atoms with Crippen LogP contribution < -0.4 is 0 Å². The predicted octanol–water partition coefficient (Wildman–Crippen LogP) is 3.67. The molecule has 0 aromatic heterocycles. The van der Waals surface area contributed by atoms with Crippen molar-refractivity contribution in [2.75, 3.05) is 39.5 Å². The highest BCUT2D eigenvalue weighted by molar-refractivity contribution is 7.99. The van der Waals surface area contributed by atoms with Crippen molar-refractivity contribution in [2.24, 2.45) is 0 Å². The van der Waals surface area contributed by atoms with Crippen molar-refractivity contribution in [2.45, 2.75) is 51.9 Å². The lowest BCUT2D eigenvalue weighted by molar-refractivity contribution is 0.0966. The molecule has 20 heavy (non-hydrogen) atoms. The van der Waals surface area contributed by atoms with Crippen LogP contribution >= 0.6 is 11.8 Å². The average molecular weight is 305 g/mol. The highest BCUT2D eigenvalue weighted by Crippen LogP contribution is 2.14. The Morgan fingerprint density at radius 3 is 2.10 bits per heavy atom. The van der Waals surface area contributed by atoms with Crippen molar-refractivity contribution in [1.82, 2.24) is 9.80 Å². The van der Waals surface area contributed by atoms with Crippen molar-refractivity contribution >= 4 is 17.9 Å². The third-order valence-corrected chi connectivity index (χ3v) is 3.96. The lowest BCUT2D eigenvalue weighted by atomic mass is 10.3. The third-order valence-electron chi connectivity index (χ3n) is 2.98. The summed E-state index contributed by atoms with van der Waals surface area (Å²) in [5.74, 6) is 0.978. The molecule has 0 aromatic carbocycles. The van der Waals surface area contributed by atoms with Gasteiger partial charge in [-0.15, -0.1) is 11.8 Å². The van der Waals surface area contributed by atoms with Crippen LogP contribution in [0.4, 0.5) is 4.79 Å². The Morgan fingerprint density at radius 2 is 1.65 bits per heavy atom. The molecule has 0 radical (unpaired) electrons. The summed E-state index contributed by atoms with van der Waals surface area (Å²) in [4.78, 5) is 16.1. The van der Waals surface area contributed by atoms with E-state index in [9.17, 15) is 4.79 Å². The quantitative estimate of drug-likeness (QED) is 0.545. The Bertz CT molecular complexity index is 242. The van der Waals surface area contributed by atoms with Gasteiger partial charge < -0.3 is 14.5 Å². The Labute approximate surface area is 129 Å². The summed E-state index contributed by atoms with van der Waals surface area (Å²) in [6.07, 6.45) is 4.13. The number of amides is 1. The van der Waals surface area contributed by atoms with Gasteiger partial charge in [0, 0.05) is 25.4 Å². The summed E-state index contributed by atoms with van der Waals surface area (Å²) in [5, 5.41) is 0. The van der Waals surface area contributed by atoms with E-state index < -0.39 is 0 Å². The minimum absolute atomic E-state index is 0.0757. The fourth-order valence-corrected chi connectivity index (χ4v) is 2.60. The second kappa shape index (κ2) is 12.3. The molecule has 0 aliphatic carbocycles. The summed E-state index contributed by atoms with van der Waals surface area (Å²) in [6.45, 7) is 8.86. The number of carbonyl (C=O) groups excluding carboxylic acids is 1. The molecule has 0 saturated heterocycles. The molecular formula is C15H32N2O2S. The van der Waals surface area contributed by atoms with E-state index in [-0.39, 0.29) is 11.5 Å². The summed E-state index contributed by atoms with van der Waals surface area (Å²) < 4.78 is 5.52. The van der Waals surface area contributed by atoms with Crippen LogP contribution in [-0.2, 0) is 4.74 Å². The van der Waals surface area contributed by atoms with Gasteiger partial charge in [0.25, 0.3) is 0 Å². The third kappa shape index (κ3) is 10.4. The molecule has 0 spiro atoms. The van der Waals surface area contributed by atoms with E-state index >= 15 is 0 Å². The molecule has 0 saturated carbocycles. The maximum Gasteiger partial charge on any atom is 0.410 e. The van der Waals surface area contributed by atoms with E-state index in [1.54, 1.807) is 11.8 Å². The van der Waals surface area contributed by atoms with Gasteiger partial charge >= 0.3 is 6.09 Å². The molecule has 4 nitrogen and oxygen atoms in total. The van der Waals surface area contributed by atoms with Crippen LogP contribution in [0.2, 0.25) is 0 Å². The molecule has 0 fully saturated rings. The van der Waals surface area contributed by atoms with Crippen LogP contribution in [0.25, 0.3) is 0 Å². The first kappa shape index (κ1) is 19.6. The zero-order valence-corrected chi connectivity index (χ0v) is 14.7. The van der Waals surface area contributed by atoms with E-state index in [0.29, 0.717) is 0 Å². The van der Waals surface area contributed by atoms with E-state index in [0.717, 1.165) is 51.1 Å². The topological polar surface area (TPSA) is 32.8 Å². The summed E-state index contributed by atoms with van der Waals surface area (Å²) >= 11 is 1.69. The Kier molecular flexibility index (Phi) is 12.1. The fraction of sp³-hybridized carbons (Fsp3) is 0.933. The second-order valence-corrected chi connectivity index (χ2v) is 6.73. The molecule has 0 aromatic rings. The number of hydrogen-bond donors (Lipinski definition) is 0. The Balaban J connectivity index is 4.07. The van der Waals surface area contributed by atoms with E-state index in [1.807, 2.05) is 11.8 Å². The van der Waals surface area contributed by atoms with Gasteiger partial charge in [-0.2, -0.15) is 0 Å². The largest absolute Gasteiger partial charge is 0.435 e. The van der Waals surface area contributed by atoms with Crippen LogP contribution in [0.3, 0.4) is 0 Å². The van der Waals surface area contributed by atoms with Gasteiger partial charge in [0.2, 0.25) is 0 Å². The van der Waals surface area contributed by atoms with Crippen molar-refractivity contribution in [3.63, 3.8) is 0 Å². The van der Waals surface area contributed by atoms with Gasteiger partial charge in [-0.25, -0.2) is 4.79 Å². The average Bonchev–Trinajstić information content (AvgIpc) is 2.38. The van der Waals surface area contributed by atoms with E-state index in [1.165, 1.54) is 0 Å². The smallest absolute Gasteiger partial charge is 0.410 e. The van der Waals surface area contributed by atoms with Crippen molar-refractivity contribution in [1.29, 1.82) is 0 Å². The first-order valence-electron chi connectivity index (χ1n) is 7.73. The second-order valence-electron chi connectivity index (χ2n) is 5.32. The van der Waals surface area contributed by atoms with Crippen LogP contribution in [0.1, 0.15) is 46.5 Å². The van der Waals surface area contributed by atoms with E-state index in [2.05, 4.69) is 32.8 Å². The van der Waals surface area contributed by atoms with Gasteiger partial charge in [-0.1, -0.05) is 26.7 Å². The van der Waals surface area contributed by atoms with Crippen molar-refractivity contribution < 1.29 is 9.53 Å². The first-order valence-corrected chi connectivity index (χ1v) is 8.78. The van der Waals surface area contributed by atoms with Crippen LogP contribution in [-0.4, -0.2) is 60.8 Å². The molecule has 1 unspecified atom stereocenters. The molecule has 0 aliphatic heterocycles. The van der Waals surface area contributed by atoms with Gasteiger partial charge in [0.1, 0.15) is 5.44 Å². The predicted molar refractivity (Wildman–Crippen MR) is 88.3 cm³/mol. The zero-order chi connectivity index (χ0) is 15.4. The molecule has 0 N–H and O–H groups in total. The number of carbonyl (C=O) groups is 1. The first-order chi connectivity index (χ1) is 9.51. The minimum atomic E-state index is -0.156. The number of unbranched alkanes of at least 4 members (excludes halogenated alkanes) is 2. The highest BCUT2D eigenvalue weighted by Gasteiger charge is 2.17. The number of hydrogen-bond acceptors (Lipinski definition) is 4. The summed E-state index contributed by atoms with van der Waals surface area (Å²) in [7, 11) is 4.10. The standard InChI is InChI=1S/C15H32N2O2S/c1-6-8-10-17(11-9-7-2)15(18)19-14(3)20-13-12-16(4)5/h14H,6-13H2,1-5H3. The zero-order valence-electron chi connectivity index (χ0n) is 13.9. The van der Waals surface area contributed by atoms with Crippen LogP contribution in [0.15, 0.2) is 0 Å². The van der Waals surface area contributed by atoms with Gasteiger partial charge in [0.15, 0.2) is 0 Å². The maximum absolute atomic E-state index is 12.1. The molecule has 1 amide bonds. The fourth-order valence-electron chi connectivity index (χ4n) is 1.64. The minimum Gasteiger partial charge on any atom is -0.435 e. The number of thioether (sulfide) groups is 1. The molecule has 0 bridgehead atoms. The number of rotatable bonds is 11. The van der Waals surface area contributed by atoms with Gasteiger partial charge in [-0.05, 0) is 33.9 Å². The molecule has 0 aliphatic rings. The molecule has 120 valence electrons. The Hall–Kier alpha value is -0.420. The lowest BCUT2D eigenvalue weighted by Gasteiger charge is -2.24. The summed E-state index contributed by atoms with van der Waals surface area (Å²) in [6, 6.07) is 0. The van der Waals surface area contributed by atoms with E-state index in [4.69, 9.17) is 4.74 Å². The van der Waals surface area contributed by atoms with Crippen LogP contribution in [0.5, 0.6) is 0 Å². The molecule has 1 atom stereocenters. The van der Waals surface area contributed by atoms with Crippen LogP contribution in [0, 0.1) is 0 Å². The van der Waals surface area contributed by atoms with Crippen molar-refractivity contribution in [3.05, 3.63) is 0 Å². The number of nitrogens with zero attached hydrogens (tertiary/aromatic N) is 2. The maximum atomic E-state index is 12.1. The number of ether oxygens (including phenoxy) is 1. The van der Waals surface area contributed by atoms with Gasteiger partial charge in [-0.3, -0.25) is 0 Å². The summed E-state index contributed by atoms with van der Waals surface area (Å²) in [5.41, 5.74) is -0.0757. The Morgan fingerprint density at radius 1 is 1.10 bits per heavy atom. The van der Waals surface area contributed by atoms with Crippen molar-refractivity contribution in [3.8, 4) is 0 Å². The van der Waals surface area contributed by atoms with Gasteiger partial charge in [0.05, 0.1) is 0 Å². The molecule has 0 rings (SSSR count). The SMILES string of the molecule is CCCCN(CCCC)C(=O)OC(C)SCCN(C)C. The normalized spacial score (nSPS) is 12.5. The molecule has 0 heterocycles.